The van der Waals surface area contributed by atoms with Crippen molar-refractivity contribution in [2.75, 3.05) is 12.4 Å². The van der Waals surface area contributed by atoms with Gasteiger partial charge >= 0.3 is 5.97 Å². The smallest absolute Gasteiger partial charge is 0.341 e. The predicted octanol–water partition coefficient (Wildman–Crippen LogP) is 5.16. The van der Waals surface area contributed by atoms with Crippen molar-refractivity contribution in [2.24, 2.45) is 0 Å². The fourth-order valence-corrected chi connectivity index (χ4v) is 3.64. The molecule has 0 spiro atoms. The number of carbonyl (C=O) groups excluding carboxylic acids is 2. The van der Waals surface area contributed by atoms with Crippen LogP contribution in [0.15, 0.2) is 53.9 Å². The van der Waals surface area contributed by atoms with Crippen molar-refractivity contribution >= 4 is 28.2 Å². The van der Waals surface area contributed by atoms with E-state index >= 15 is 0 Å². The molecule has 3 rings (SSSR count). The lowest BCUT2D eigenvalue weighted by Gasteiger charge is -2.08. The van der Waals surface area contributed by atoms with Crippen molar-refractivity contribution in [3.63, 3.8) is 0 Å². The number of hydrogen-bond donors (Lipinski definition) is 1. The molecule has 0 saturated heterocycles. The van der Waals surface area contributed by atoms with Crippen LogP contribution >= 0.6 is 11.3 Å². The van der Waals surface area contributed by atoms with Crippen LogP contribution in [0.4, 0.5) is 9.39 Å². The number of benzene rings is 2. The first-order valence-electron chi connectivity index (χ1n) is 8.39. The van der Waals surface area contributed by atoms with Crippen LogP contribution in [-0.2, 0) is 11.2 Å². The Kier molecular flexibility index (Phi) is 5.66. The highest BCUT2D eigenvalue weighted by atomic mass is 32.1. The Morgan fingerprint density at radius 2 is 1.89 bits per heavy atom. The first kappa shape index (κ1) is 18.8. The van der Waals surface area contributed by atoms with E-state index in [0.29, 0.717) is 10.6 Å². The molecule has 0 radical (unpaired) electrons. The van der Waals surface area contributed by atoms with E-state index in [-0.39, 0.29) is 11.1 Å². The molecule has 0 fully saturated rings. The highest BCUT2D eigenvalue weighted by Gasteiger charge is 2.22. The van der Waals surface area contributed by atoms with Gasteiger partial charge in [-0.15, -0.1) is 11.3 Å². The number of ether oxygens (including phenoxy) is 1. The Labute approximate surface area is 160 Å². The zero-order valence-corrected chi connectivity index (χ0v) is 15.7. The summed E-state index contributed by atoms with van der Waals surface area (Å²) in [5.74, 6) is -1.53. The molecule has 138 valence electrons. The van der Waals surface area contributed by atoms with E-state index in [1.165, 1.54) is 42.2 Å². The van der Waals surface area contributed by atoms with Crippen molar-refractivity contribution in [1.82, 2.24) is 0 Å². The third-order valence-corrected chi connectivity index (χ3v) is 5.06. The van der Waals surface area contributed by atoms with Crippen molar-refractivity contribution in [3.05, 3.63) is 76.4 Å². The molecule has 0 aliphatic rings. The maximum atomic E-state index is 13.4. The average molecular weight is 383 g/mol. The Hall–Kier alpha value is -2.99. The summed E-state index contributed by atoms with van der Waals surface area (Å²) < 4.78 is 18.3. The fourth-order valence-electron chi connectivity index (χ4n) is 2.69. The number of aryl methyl sites for hydroxylation is 1. The number of esters is 1. The topological polar surface area (TPSA) is 55.4 Å². The van der Waals surface area contributed by atoms with Gasteiger partial charge in [0.2, 0.25) is 0 Å². The van der Waals surface area contributed by atoms with Crippen LogP contribution in [0.25, 0.3) is 11.1 Å². The van der Waals surface area contributed by atoms with Crippen LogP contribution in [0, 0.1) is 5.82 Å². The number of nitrogens with one attached hydrogen (secondary N) is 1. The van der Waals surface area contributed by atoms with Gasteiger partial charge in [-0.05, 0) is 35.7 Å². The average Bonchev–Trinajstić information content (AvgIpc) is 3.10. The van der Waals surface area contributed by atoms with Crippen molar-refractivity contribution in [1.29, 1.82) is 0 Å². The maximum absolute atomic E-state index is 13.4. The maximum Gasteiger partial charge on any atom is 0.341 e. The standard InChI is InChI=1S/C21H18FNO3S/c1-3-13-7-9-14(10-8-13)17-12-27-20(18(17)21(25)26-2)23-19(24)15-5-4-6-16(22)11-15/h4-12H,3H2,1-2H3,(H,23,24). The zero-order valence-electron chi connectivity index (χ0n) is 14.9. The normalized spacial score (nSPS) is 10.5. The van der Waals surface area contributed by atoms with E-state index in [1.54, 1.807) is 5.38 Å². The van der Waals surface area contributed by atoms with Gasteiger partial charge in [-0.25, -0.2) is 9.18 Å². The van der Waals surface area contributed by atoms with Crippen LogP contribution < -0.4 is 5.32 Å². The van der Waals surface area contributed by atoms with E-state index in [1.807, 2.05) is 24.3 Å². The minimum absolute atomic E-state index is 0.174. The number of anilines is 1. The van der Waals surface area contributed by atoms with E-state index in [0.717, 1.165) is 18.1 Å². The molecule has 0 bridgehead atoms. The van der Waals surface area contributed by atoms with Crippen LogP contribution in [0.2, 0.25) is 0 Å². The zero-order chi connectivity index (χ0) is 19.4. The summed E-state index contributed by atoms with van der Waals surface area (Å²) in [6.45, 7) is 2.07. The third kappa shape index (κ3) is 4.06. The number of hydrogen-bond acceptors (Lipinski definition) is 4. The number of thiophene rings is 1. The van der Waals surface area contributed by atoms with E-state index in [4.69, 9.17) is 4.74 Å². The minimum atomic E-state index is -0.541. The van der Waals surface area contributed by atoms with Crippen LogP contribution in [-0.4, -0.2) is 19.0 Å². The van der Waals surface area contributed by atoms with Crippen LogP contribution in [0.1, 0.15) is 33.2 Å². The number of rotatable bonds is 5. The second-order valence-electron chi connectivity index (χ2n) is 5.86. The first-order valence-corrected chi connectivity index (χ1v) is 9.27. The summed E-state index contributed by atoms with van der Waals surface area (Å²) in [7, 11) is 1.29. The molecule has 0 aliphatic heterocycles. The lowest BCUT2D eigenvalue weighted by Crippen LogP contribution is -2.14. The van der Waals surface area contributed by atoms with E-state index in [9.17, 15) is 14.0 Å². The third-order valence-electron chi connectivity index (χ3n) is 4.17. The molecule has 1 N–H and O–H groups in total. The molecule has 0 unspecified atom stereocenters. The quantitative estimate of drug-likeness (QED) is 0.620. The van der Waals surface area contributed by atoms with Crippen LogP contribution in [0.5, 0.6) is 0 Å². The molecule has 0 atom stereocenters. The first-order chi connectivity index (χ1) is 13.0. The molecule has 1 amide bonds. The number of halogens is 1. The predicted molar refractivity (Wildman–Crippen MR) is 105 cm³/mol. The lowest BCUT2D eigenvalue weighted by atomic mass is 10.0. The highest BCUT2D eigenvalue weighted by Crippen LogP contribution is 2.36. The second-order valence-corrected chi connectivity index (χ2v) is 6.74. The highest BCUT2D eigenvalue weighted by molar-refractivity contribution is 7.15. The molecular weight excluding hydrogens is 365 g/mol. The van der Waals surface area contributed by atoms with Gasteiger partial charge in [-0.2, -0.15) is 0 Å². The summed E-state index contributed by atoms with van der Waals surface area (Å²) in [5, 5.41) is 4.86. The van der Waals surface area contributed by atoms with Crippen molar-refractivity contribution in [2.45, 2.75) is 13.3 Å². The Bertz CT molecular complexity index is 979. The molecule has 0 aliphatic carbocycles. The number of methoxy groups -OCH3 is 1. The van der Waals surface area contributed by atoms with Gasteiger partial charge < -0.3 is 10.1 Å². The van der Waals surface area contributed by atoms with Gasteiger partial charge in [0.25, 0.3) is 5.91 Å². The molecule has 4 nitrogen and oxygen atoms in total. The van der Waals surface area contributed by atoms with Gasteiger partial charge in [-0.3, -0.25) is 4.79 Å². The Balaban J connectivity index is 1.97. The van der Waals surface area contributed by atoms with Gasteiger partial charge in [0, 0.05) is 16.5 Å². The summed E-state index contributed by atoms with van der Waals surface area (Å²) in [4.78, 5) is 24.8. The molecule has 3 aromatic rings. The molecule has 27 heavy (non-hydrogen) atoms. The van der Waals surface area contributed by atoms with Crippen molar-refractivity contribution < 1.29 is 18.7 Å². The van der Waals surface area contributed by atoms with Crippen molar-refractivity contribution in [3.8, 4) is 11.1 Å². The van der Waals surface area contributed by atoms with E-state index in [2.05, 4.69) is 12.2 Å². The molecule has 6 heteroatoms. The molecule has 2 aromatic carbocycles. The van der Waals surface area contributed by atoms with E-state index < -0.39 is 17.7 Å². The minimum Gasteiger partial charge on any atom is -0.465 e. The summed E-state index contributed by atoms with van der Waals surface area (Å²) in [6.07, 6.45) is 0.919. The van der Waals surface area contributed by atoms with Gasteiger partial charge in [0.15, 0.2) is 0 Å². The SMILES string of the molecule is CCc1ccc(-c2csc(NC(=O)c3cccc(F)c3)c2C(=O)OC)cc1. The number of carbonyl (C=O) groups is 2. The Morgan fingerprint density at radius 1 is 1.15 bits per heavy atom. The largest absolute Gasteiger partial charge is 0.465 e. The monoisotopic (exact) mass is 383 g/mol. The van der Waals surface area contributed by atoms with Crippen LogP contribution in [0.3, 0.4) is 0 Å². The lowest BCUT2D eigenvalue weighted by molar-refractivity contribution is 0.0603. The molecular formula is C21H18FNO3S. The van der Waals surface area contributed by atoms with Gasteiger partial charge in [0.05, 0.1) is 7.11 Å². The van der Waals surface area contributed by atoms with Gasteiger partial charge in [0.1, 0.15) is 16.4 Å². The second kappa shape index (κ2) is 8.14. The summed E-state index contributed by atoms with van der Waals surface area (Å²) >= 11 is 1.23. The number of amides is 1. The van der Waals surface area contributed by atoms with Gasteiger partial charge in [-0.1, -0.05) is 37.3 Å². The summed E-state index contributed by atoms with van der Waals surface area (Å²) in [6, 6.07) is 13.2. The Morgan fingerprint density at radius 3 is 2.52 bits per heavy atom. The molecule has 1 heterocycles. The summed E-state index contributed by atoms with van der Waals surface area (Å²) in [5.41, 5.74) is 3.19. The molecule has 1 aromatic heterocycles. The molecule has 0 saturated carbocycles. The fraction of sp³-hybridized carbons (Fsp3) is 0.143.